The van der Waals surface area contributed by atoms with Crippen molar-refractivity contribution in [2.24, 2.45) is 5.92 Å². The fraction of sp³-hybridized carbons (Fsp3) is 0.333. The van der Waals surface area contributed by atoms with Crippen molar-refractivity contribution < 1.29 is 24.2 Å². The second-order valence-electron chi connectivity index (χ2n) is 13.7. The minimum absolute atomic E-state index is 0.0172. The standard InChI is InChI=1S/C39H41BrN2O5Si/c1-25-37(48(3,4)31-17-15-30(46-2)16-18-31)35(21-22-43)47-39(25)32-23-28(40)12-19-34(32)41(38(39)45)24-26-9-13-29(14-10-26)42-33-8-6-5-7-27(33)11-20-36(42)44/h5-10,12-19,23,25,35,37,43H,11,20-22,24H2,1-4H3/t25-,35+,37-,39+/m0/s1. The summed E-state index contributed by atoms with van der Waals surface area (Å²) in [4.78, 5) is 31.6. The first-order valence-electron chi connectivity index (χ1n) is 16.6. The van der Waals surface area contributed by atoms with Gasteiger partial charge in [-0.25, -0.2) is 0 Å². The average molecular weight is 726 g/mol. The van der Waals surface area contributed by atoms with E-state index < -0.39 is 13.7 Å². The number of halogens is 1. The Labute approximate surface area is 291 Å². The lowest BCUT2D eigenvalue weighted by Crippen LogP contribution is -2.51. The molecule has 4 aromatic carbocycles. The van der Waals surface area contributed by atoms with Gasteiger partial charge in [0.05, 0.1) is 39.2 Å². The number of aliphatic hydroxyl groups excluding tert-OH is 1. The maximum atomic E-state index is 14.9. The van der Waals surface area contributed by atoms with Crippen molar-refractivity contribution in [3.05, 3.63) is 112 Å². The Hall–Kier alpha value is -3.76. The molecule has 3 aliphatic heterocycles. The molecule has 7 rings (SSSR count). The Morgan fingerprint density at radius 2 is 1.69 bits per heavy atom. The Kier molecular flexibility index (Phi) is 8.60. The van der Waals surface area contributed by atoms with Crippen LogP contribution in [0, 0.1) is 5.92 Å². The van der Waals surface area contributed by atoms with Gasteiger partial charge in [-0.05, 0) is 78.0 Å². The Balaban J connectivity index is 1.23. The van der Waals surface area contributed by atoms with Crippen molar-refractivity contribution in [1.82, 2.24) is 0 Å². The maximum absolute atomic E-state index is 14.9. The van der Waals surface area contributed by atoms with E-state index in [1.54, 1.807) is 12.0 Å². The van der Waals surface area contributed by atoms with E-state index >= 15 is 0 Å². The minimum Gasteiger partial charge on any atom is -0.497 e. The summed E-state index contributed by atoms with van der Waals surface area (Å²) in [6.07, 6.45) is 1.40. The first-order valence-corrected chi connectivity index (χ1v) is 20.5. The van der Waals surface area contributed by atoms with Gasteiger partial charge in [0.25, 0.3) is 5.91 Å². The molecule has 1 spiro atoms. The molecule has 1 saturated heterocycles. The van der Waals surface area contributed by atoms with Crippen molar-refractivity contribution in [3.8, 4) is 5.75 Å². The molecule has 248 valence electrons. The SMILES string of the molecule is COc1ccc([Si](C)(C)[C@@H]2[C@@H](CCO)O[C@]3(C(=O)N(Cc4ccc(N5C(=O)CCc6ccccc65)cc4)c4ccc(Br)cc43)[C@H]2C)cc1. The molecule has 48 heavy (non-hydrogen) atoms. The van der Waals surface area contributed by atoms with E-state index in [9.17, 15) is 14.7 Å². The summed E-state index contributed by atoms with van der Waals surface area (Å²) < 4.78 is 13.3. The highest BCUT2D eigenvalue weighted by molar-refractivity contribution is 9.10. The molecule has 2 amide bonds. The molecule has 9 heteroatoms. The number of fused-ring (bicyclic) bond motifs is 3. The van der Waals surface area contributed by atoms with E-state index in [0.29, 0.717) is 19.4 Å². The summed E-state index contributed by atoms with van der Waals surface area (Å²) in [5.74, 6) is 0.676. The van der Waals surface area contributed by atoms with Crippen LogP contribution in [0.3, 0.4) is 0 Å². The third-order valence-corrected chi connectivity index (χ3v) is 15.7. The molecule has 0 aliphatic carbocycles. The third kappa shape index (κ3) is 5.23. The topological polar surface area (TPSA) is 79.3 Å². The molecule has 0 unspecified atom stereocenters. The van der Waals surface area contributed by atoms with Gasteiger partial charge >= 0.3 is 0 Å². The van der Waals surface area contributed by atoms with Crippen LogP contribution >= 0.6 is 15.9 Å². The van der Waals surface area contributed by atoms with Crippen LogP contribution in [0.2, 0.25) is 18.6 Å². The summed E-state index contributed by atoms with van der Waals surface area (Å²) >= 11 is 3.67. The number of benzene rings is 4. The predicted octanol–water partition coefficient (Wildman–Crippen LogP) is 7.21. The zero-order valence-corrected chi connectivity index (χ0v) is 30.4. The smallest absolute Gasteiger partial charge is 0.264 e. The van der Waals surface area contributed by atoms with Crippen LogP contribution in [-0.2, 0) is 32.9 Å². The maximum Gasteiger partial charge on any atom is 0.264 e. The largest absolute Gasteiger partial charge is 0.497 e. The van der Waals surface area contributed by atoms with Gasteiger partial charge < -0.3 is 19.5 Å². The number of rotatable bonds is 8. The number of aliphatic hydroxyl groups is 1. The number of methoxy groups -OCH3 is 1. The number of carbonyl (C=O) groups is 2. The van der Waals surface area contributed by atoms with Crippen LogP contribution in [0.15, 0.2) is 95.5 Å². The molecule has 0 aromatic heterocycles. The van der Waals surface area contributed by atoms with Gasteiger partial charge in [-0.3, -0.25) is 14.5 Å². The summed E-state index contributed by atoms with van der Waals surface area (Å²) in [5.41, 5.74) is 4.47. The molecular weight excluding hydrogens is 684 g/mol. The van der Waals surface area contributed by atoms with Gasteiger partial charge in [0, 0.05) is 34.7 Å². The zero-order chi connectivity index (χ0) is 33.8. The molecular formula is C39H41BrN2O5Si. The summed E-state index contributed by atoms with van der Waals surface area (Å²) in [6.45, 7) is 7.19. The van der Waals surface area contributed by atoms with Crippen LogP contribution in [-0.4, -0.2) is 44.8 Å². The first kappa shape index (κ1) is 32.8. The molecule has 4 atom stereocenters. The number of aryl methyl sites for hydroxylation is 1. The van der Waals surface area contributed by atoms with Crippen molar-refractivity contribution in [3.63, 3.8) is 0 Å². The number of ether oxygens (including phenoxy) is 2. The van der Waals surface area contributed by atoms with E-state index in [2.05, 4.69) is 54.1 Å². The summed E-state index contributed by atoms with van der Waals surface area (Å²) in [6, 6.07) is 30.3. The van der Waals surface area contributed by atoms with Crippen LogP contribution in [0.5, 0.6) is 5.75 Å². The zero-order valence-electron chi connectivity index (χ0n) is 27.8. The number of hydrogen-bond donors (Lipinski definition) is 1. The highest BCUT2D eigenvalue weighted by Crippen LogP contribution is 2.60. The van der Waals surface area contributed by atoms with Crippen LogP contribution in [0.4, 0.5) is 17.1 Å². The van der Waals surface area contributed by atoms with E-state index in [4.69, 9.17) is 9.47 Å². The lowest BCUT2D eigenvalue weighted by atomic mass is 9.82. The van der Waals surface area contributed by atoms with Crippen molar-refractivity contribution in [2.75, 3.05) is 23.5 Å². The van der Waals surface area contributed by atoms with Crippen molar-refractivity contribution in [2.45, 2.75) is 63.1 Å². The lowest BCUT2D eigenvalue weighted by molar-refractivity contribution is -0.146. The normalized spacial score (nSPS) is 23.5. The van der Waals surface area contributed by atoms with Gasteiger partial charge in [0.2, 0.25) is 5.91 Å². The van der Waals surface area contributed by atoms with Crippen molar-refractivity contribution >= 4 is 58.1 Å². The van der Waals surface area contributed by atoms with Gasteiger partial charge in [-0.15, -0.1) is 0 Å². The summed E-state index contributed by atoms with van der Waals surface area (Å²) in [7, 11) is -0.591. The van der Waals surface area contributed by atoms with Gasteiger partial charge in [0.1, 0.15) is 5.75 Å². The third-order valence-electron chi connectivity index (χ3n) is 10.8. The molecule has 4 aromatic rings. The monoisotopic (exact) mass is 724 g/mol. The molecule has 0 saturated carbocycles. The molecule has 3 aliphatic rings. The predicted molar refractivity (Wildman–Crippen MR) is 195 cm³/mol. The number of amides is 2. The summed E-state index contributed by atoms with van der Waals surface area (Å²) in [5, 5.41) is 11.5. The Morgan fingerprint density at radius 1 is 0.958 bits per heavy atom. The van der Waals surface area contributed by atoms with Gasteiger partial charge in [-0.1, -0.05) is 83.6 Å². The highest BCUT2D eigenvalue weighted by atomic mass is 79.9. The first-order chi connectivity index (χ1) is 23.1. The number of carbonyl (C=O) groups excluding carboxylic acids is 2. The van der Waals surface area contributed by atoms with Gasteiger partial charge in [-0.2, -0.15) is 0 Å². The molecule has 1 N–H and O–H groups in total. The fourth-order valence-corrected chi connectivity index (χ4v) is 12.9. The number of anilines is 3. The molecule has 0 bridgehead atoms. The van der Waals surface area contributed by atoms with E-state index in [-0.39, 0.29) is 36.0 Å². The van der Waals surface area contributed by atoms with E-state index in [1.807, 2.05) is 77.7 Å². The van der Waals surface area contributed by atoms with Crippen molar-refractivity contribution in [1.29, 1.82) is 0 Å². The fourth-order valence-electron chi connectivity index (χ4n) is 8.48. The van der Waals surface area contributed by atoms with Gasteiger partial charge in [0.15, 0.2) is 5.60 Å². The van der Waals surface area contributed by atoms with Crippen LogP contribution < -0.4 is 19.7 Å². The second-order valence-corrected chi connectivity index (χ2v) is 19.3. The highest BCUT2D eigenvalue weighted by Gasteiger charge is 2.66. The van der Waals surface area contributed by atoms with Crippen LogP contribution in [0.1, 0.15) is 36.5 Å². The Morgan fingerprint density at radius 3 is 2.40 bits per heavy atom. The van der Waals surface area contributed by atoms with Crippen LogP contribution in [0.25, 0.3) is 0 Å². The number of hydrogen-bond acceptors (Lipinski definition) is 5. The quantitative estimate of drug-likeness (QED) is 0.194. The molecule has 3 heterocycles. The molecule has 1 fully saturated rings. The van der Waals surface area contributed by atoms with E-state index in [0.717, 1.165) is 44.8 Å². The Bertz CT molecular complexity index is 1860. The van der Waals surface area contributed by atoms with E-state index in [1.165, 1.54) is 10.8 Å². The molecule has 0 radical (unpaired) electrons. The number of nitrogens with zero attached hydrogens (tertiary/aromatic N) is 2. The molecule has 7 nitrogen and oxygen atoms in total. The number of para-hydroxylation sites is 1. The minimum atomic E-state index is -2.26. The lowest BCUT2D eigenvalue weighted by Gasteiger charge is -2.37. The average Bonchev–Trinajstić information content (AvgIpc) is 3.51. The second kappa shape index (κ2) is 12.6.